The lowest BCUT2D eigenvalue weighted by Crippen LogP contribution is -1.94. The van der Waals surface area contributed by atoms with E-state index in [4.69, 9.17) is 0 Å². The van der Waals surface area contributed by atoms with Crippen molar-refractivity contribution in [2.45, 2.75) is 0 Å². The first-order valence-electron chi connectivity index (χ1n) is 5.30. The normalized spacial score (nSPS) is 12.0. The van der Waals surface area contributed by atoms with E-state index in [9.17, 15) is 0 Å². The highest BCUT2D eigenvalue weighted by molar-refractivity contribution is 5.62. The van der Waals surface area contributed by atoms with Gasteiger partial charge in [-0.25, -0.2) is 5.48 Å². The van der Waals surface area contributed by atoms with Crippen molar-refractivity contribution in [1.82, 2.24) is 5.48 Å². The highest BCUT2D eigenvalue weighted by atomic mass is 17.3. The zero-order valence-corrected chi connectivity index (χ0v) is 9.24. The highest BCUT2D eigenvalue weighted by Crippen LogP contribution is 2.17. The molecular weight excluding hydrogens is 214 g/mol. The first kappa shape index (κ1) is 11.2. The van der Waals surface area contributed by atoms with Crippen LogP contribution in [0.5, 0.6) is 0 Å². The molecule has 2 aromatic carbocycles. The number of benzene rings is 2. The molecule has 0 fully saturated rings. The van der Waals surface area contributed by atoms with Gasteiger partial charge >= 0.3 is 0 Å². The summed E-state index contributed by atoms with van der Waals surface area (Å²) in [6, 6.07) is 20.8. The number of nitrogens with one attached hydrogen (secondary N) is 1. The molecule has 0 saturated heterocycles. The van der Waals surface area contributed by atoms with Crippen LogP contribution in [0, 0.1) is 0 Å². The summed E-state index contributed by atoms with van der Waals surface area (Å²) in [5, 5.41) is 0. The topological polar surface area (TPSA) is 30.5 Å². The van der Waals surface area contributed by atoms with Crippen molar-refractivity contribution in [3.05, 3.63) is 73.1 Å². The molecule has 1 heterocycles. The Balaban J connectivity index is 0.000000181. The van der Waals surface area contributed by atoms with Crippen LogP contribution < -0.4 is 5.48 Å². The average molecular weight is 227 g/mol. The van der Waals surface area contributed by atoms with Gasteiger partial charge in [0.15, 0.2) is 0 Å². The van der Waals surface area contributed by atoms with E-state index in [0.717, 1.165) is 0 Å². The molecule has 0 aromatic heterocycles. The molecule has 3 rings (SSSR count). The standard InChI is InChI=1S/C12H10.C2H3NO2/c1-3-7-11(8-4-1)12-9-5-2-6-10-12;1-2-4-5-3-1/h1-10H;1-3H. The predicted octanol–water partition coefficient (Wildman–Crippen LogP) is 3.28. The van der Waals surface area contributed by atoms with Crippen molar-refractivity contribution in [1.29, 1.82) is 0 Å². The van der Waals surface area contributed by atoms with Crippen LogP contribution in [0.2, 0.25) is 0 Å². The second-order valence-corrected chi connectivity index (χ2v) is 3.33. The number of hydroxylamine groups is 1. The summed E-state index contributed by atoms with van der Waals surface area (Å²) in [4.78, 5) is 8.24. The molecule has 1 aliphatic heterocycles. The molecule has 1 N–H and O–H groups in total. The van der Waals surface area contributed by atoms with E-state index in [2.05, 4.69) is 63.9 Å². The fourth-order valence-electron chi connectivity index (χ4n) is 1.40. The van der Waals surface area contributed by atoms with Gasteiger partial charge in [-0.2, -0.15) is 0 Å². The average Bonchev–Trinajstić information content (AvgIpc) is 3.00. The Morgan fingerprint density at radius 3 is 1.53 bits per heavy atom. The summed E-state index contributed by atoms with van der Waals surface area (Å²) < 4.78 is 0. The van der Waals surface area contributed by atoms with Crippen molar-refractivity contribution >= 4 is 0 Å². The SMILES string of the molecule is C1=COON1.c1ccc(-c2ccccc2)cc1. The summed E-state index contributed by atoms with van der Waals surface area (Å²) >= 11 is 0. The Labute approximate surface area is 100 Å². The Bertz CT molecular complexity index is 411. The highest BCUT2D eigenvalue weighted by Gasteiger charge is 1.91. The summed E-state index contributed by atoms with van der Waals surface area (Å²) in [6.45, 7) is 0. The van der Waals surface area contributed by atoms with Crippen LogP contribution in [0.4, 0.5) is 0 Å². The van der Waals surface area contributed by atoms with Gasteiger partial charge in [-0.05, 0) is 11.1 Å². The second kappa shape index (κ2) is 6.35. The molecule has 3 nitrogen and oxygen atoms in total. The molecule has 0 aliphatic carbocycles. The van der Waals surface area contributed by atoms with E-state index in [1.165, 1.54) is 17.4 Å². The predicted molar refractivity (Wildman–Crippen MR) is 66.3 cm³/mol. The Morgan fingerprint density at radius 2 is 1.24 bits per heavy atom. The molecule has 17 heavy (non-hydrogen) atoms. The maximum absolute atomic E-state index is 4.15. The molecule has 0 amide bonds. The lowest BCUT2D eigenvalue weighted by atomic mass is 10.1. The molecule has 0 bridgehead atoms. The van der Waals surface area contributed by atoms with E-state index in [1.54, 1.807) is 6.20 Å². The van der Waals surface area contributed by atoms with Gasteiger partial charge < -0.3 is 4.89 Å². The summed E-state index contributed by atoms with van der Waals surface area (Å²) in [5.41, 5.74) is 4.87. The summed E-state index contributed by atoms with van der Waals surface area (Å²) in [7, 11) is 0. The van der Waals surface area contributed by atoms with E-state index >= 15 is 0 Å². The third kappa shape index (κ3) is 3.66. The van der Waals surface area contributed by atoms with Crippen molar-refractivity contribution in [3.8, 4) is 11.1 Å². The smallest absolute Gasteiger partial charge is 0.150 e. The van der Waals surface area contributed by atoms with Gasteiger partial charge in [0.05, 0.1) is 6.20 Å². The minimum Gasteiger partial charge on any atom is -0.321 e. The third-order valence-electron chi connectivity index (χ3n) is 2.17. The molecule has 0 saturated carbocycles. The fourth-order valence-corrected chi connectivity index (χ4v) is 1.40. The fraction of sp³-hybridized carbons (Fsp3) is 0. The van der Waals surface area contributed by atoms with Gasteiger partial charge in [-0.15, -0.1) is 0 Å². The molecule has 0 atom stereocenters. The van der Waals surface area contributed by atoms with Gasteiger partial charge in [0.25, 0.3) is 0 Å². The van der Waals surface area contributed by atoms with Crippen molar-refractivity contribution < 1.29 is 9.88 Å². The van der Waals surface area contributed by atoms with E-state index in [0.29, 0.717) is 0 Å². The number of hydrogen-bond acceptors (Lipinski definition) is 3. The first-order chi connectivity index (χ1) is 8.47. The summed E-state index contributed by atoms with van der Waals surface area (Å²) in [6.07, 6.45) is 2.94. The van der Waals surface area contributed by atoms with Crippen LogP contribution in [-0.2, 0) is 9.88 Å². The minimum atomic E-state index is 1.28. The largest absolute Gasteiger partial charge is 0.321 e. The third-order valence-corrected chi connectivity index (χ3v) is 2.17. The molecule has 1 aliphatic rings. The van der Waals surface area contributed by atoms with Gasteiger partial charge in [-0.3, -0.25) is 0 Å². The van der Waals surface area contributed by atoms with Crippen LogP contribution in [0.1, 0.15) is 0 Å². The quantitative estimate of drug-likeness (QED) is 0.758. The zero-order chi connectivity index (χ0) is 11.8. The molecule has 2 aromatic rings. The Hall–Kier alpha value is -2.26. The van der Waals surface area contributed by atoms with Gasteiger partial charge in [0, 0.05) is 0 Å². The van der Waals surface area contributed by atoms with Crippen LogP contribution >= 0.6 is 0 Å². The maximum Gasteiger partial charge on any atom is 0.150 e. The Kier molecular flexibility index (Phi) is 4.20. The molecule has 0 spiro atoms. The molecular formula is C14H13NO2. The minimum absolute atomic E-state index is 1.28. The lowest BCUT2D eigenvalue weighted by molar-refractivity contribution is -0.264. The van der Waals surface area contributed by atoms with Crippen LogP contribution in [0.15, 0.2) is 73.1 Å². The lowest BCUT2D eigenvalue weighted by Gasteiger charge is -1.98. The van der Waals surface area contributed by atoms with Gasteiger partial charge in [0.1, 0.15) is 6.26 Å². The van der Waals surface area contributed by atoms with Crippen molar-refractivity contribution in [3.63, 3.8) is 0 Å². The zero-order valence-electron chi connectivity index (χ0n) is 9.24. The van der Waals surface area contributed by atoms with Crippen molar-refractivity contribution in [2.24, 2.45) is 0 Å². The molecule has 3 heteroatoms. The van der Waals surface area contributed by atoms with Gasteiger partial charge in [0.2, 0.25) is 0 Å². The first-order valence-corrected chi connectivity index (χ1v) is 5.30. The van der Waals surface area contributed by atoms with Crippen LogP contribution in [0.3, 0.4) is 0 Å². The molecule has 0 unspecified atom stereocenters. The van der Waals surface area contributed by atoms with Gasteiger partial charge in [-0.1, -0.05) is 65.7 Å². The maximum atomic E-state index is 4.15. The van der Waals surface area contributed by atoms with Crippen LogP contribution in [0.25, 0.3) is 11.1 Å². The van der Waals surface area contributed by atoms with Crippen LogP contribution in [-0.4, -0.2) is 0 Å². The number of rotatable bonds is 1. The monoisotopic (exact) mass is 227 g/mol. The molecule has 86 valence electrons. The van der Waals surface area contributed by atoms with Crippen molar-refractivity contribution in [2.75, 3.05) is 0 Å². The summed E-state index contributed by atoms with van der Waals surface area (Å²) in [5.74, 6) is 0. The number of hydrogen-bond donors (Lipinski definition) is 1. The van der Waals surface area contributed by atoms with E-state index in [1.807, 2.05) is 12.1 Å². The van der Waals surface area contributed by atoms with E-state index < -0.39 is 0 Å². The Morgan fingerprint density at radius 1 is 0.706 bits per heavy atom. The molecule has 0 radical (unpaired) electrons. The second-order valence-electron chi connectivity index (χ2n) is 3.33. The van der Waals surface area contributed by atoms with E-state index in [-0.39, 0.29) is 0 Å².